The van der Waals surface area contributed by atoms with Gasteiger partial charge in [-0.3, -0.25) is 0 Å². The monoisotopic (exact) mass is 345 g/mol. The summed E-state index contributed by atoms with van der Waals surface area (Å²) in [6.45, 7) is 3.84. The Labute approximate surface area is 154 Å². The smallest absolute Gasteiger partial charge is 0.343 e. The van der Waals surface area contributed by atoms with Crippen LogP contribution < -0.4 is 4.74 Å². The van der Waals surface area contributed by atoms with Crippen molar-refractivity contribution in [2.24, 2.45) is 5.92 Å². The number of hydrogen-bond donors (Lipinski definition) is 0. The molecule has 0 saturated heterocycles. The summed E-state index contributed by atoms with van der Waals surface area (Å²) < 4.78 is 5.37. The third-order valence-corrected chi connectivity index (χ3v) is 5.16. The summed E-state index contributed by atoms with van der Waals surface area (Å²) in [5.41, 5.74) is 2.38. The average Bonchev–Trinajstić information content (AvgIpc) is 2.69. The standard InChI is InChI=1S/C23H23NO2/c1-2-3-17-4-8-19(9-5-17)20-10-12-21(13-11-20)23(25)26-22-14-6-18(16-24)7-15-22/h2,6-7,10-15,17,19H,1,3-5,8-9H2. The lowest BCUT2D eigenvalue weighted by molar-refractivity contribution is 0.0734. The van der Waals surface area contributed by atoms with Crippen LogP contribution in [-0.2, 0) is 0 Å². The molecule has 0 bridgehead atoms. The number of ether oxygens (including phenoxy) is 1. The molecule has 0 unspecified atom stereocenters. The summed E-state index contributed by atoms with van der Waals surface area (Å²) in [6, 6.07) is 16.4. The van der Waals surface area contributed by atoms with Gasteiger partial charge in [0.15, 0.2) is 0 Å². The topological polar surface area (TPSA) is 50.1 Å². The molecule has 3 heteroatoms. The molecule has 2 aromatic rings. The quantitative estimate of drug-likeness (QED) is 0.401. The van der Waals surface area contributed by atoms with Gasteiger partial charge in [-0.1, -0.05) is 18.2 Å². The molecule has 0 radical (unpaired) electrons. The third kappa shape index (κ3) is 4.40. The van der Waals surface area contributed by atoms with Gasteiger partial charge in [0.2, 0.25) is 0 Å². The van der Waals surface area contributed by atoms with Crippen molar-refractivity contribution in [3.63, 3.8) is 0 Å². The van der Waals surface area contributed by atoms with Crippen LogP contribution in [0.25, 0.3) is 0 Å². The summed E-state index contributed by atoms with van der Waals surface area (Å²) in [4.78, 5) is 12.3. The Morgan fingerprint density at radius 2 is 1.73 bits per heavy atom. The summed E-state index contributed by atoms with van der Waals surface area (Å²) in [5, 5.41) is 8.80. The Morgan fingerprint density at radius 3 is 2.31 bits per heavy atom. The highest BCUT2D eigenvalue weighted by Crippen LogP contribution is 2.37. The number of carbonyl (C=O) groups excluding carboxylic acids is 1. The molecule has 0 atom stereocenters. The normalized spacial score (nSPS) is 19.3. The molecule has 0 amide bonds. The zero-order chi connectivity index (χ0) is 18.4. The first kappa shape index (κ1) is 17.9. The Morgan fingerprint density at radius 1 is 1.08 bits per heavy atom. The van der Waals surface area contributed by atoms with E-state index >= 15 is 0 Å². The van der Waals surface area contributed by atoms with E-state index in [-0.39, 0.29) is 5.97 Å². The van der Waals surface area contributed by atoms with Crippen molar-refractivity contribution in [1.82, 2.24) is 0 Å². The summed E-state index contributed by atoms with van der Waals surface area (Å²) in [5.74, 6) is 1.43. The van der Waals surface area contributed by atoms with E-state index in [0.29, 0.717) is 22.8 Å². The van der Waals surface area contributed by atoms with Crippen molar-refractivity contribution in [2.45, 2.75) is 38.0 Å². The highest BCUT2D eigenvalue weighted by Gasteiger charge is 2.21. The Balaban J connectivity index is 1.59. The number of allylic oxidation sites excluding steroid dienone is 1. The van der Waals surface area contributed by atoms with Crippen molar-refractivity contribution < 1.29 is 9.53 Å². The lowest BCUT2D eigenvalue weighted by Gasteiger charge is -2.28. The molecule has 1 aliphatic carbocycles. The number of nitrogens with zero attached hydrogens (tertiary/aromatic N) is 1. The van der Waals surface area contributed by atoms with Crippen molar-refractivity contribution in [3.8, 4) is 11.8 Å². The molecule has 0 spiro atoms. The minimum absolute atomic E-state index is 0.379. The molecule has 1 aliphatic rings. The van der Waals surface area contributed by atoms with Crippen molar-refractivity contribution >= 4 is 5.97 Å². The van der Waals surface area contributed by atoms with Crippen LogP contribution >= 0.6 is 0 Å². The maximum absolute atomic E-state index is 12.3. The predicted molar refractivity (Wildman–Crippen MR) is 102 cm³/mol. The predicted octanol–water partition coefficient (Wildman–Crippen LogP) is 5.63. The van der Waals surface area contributed by atoms with E-state index < -0.39 is 0 Å². The zero-order valence-corrected chi connectivity index (χ0v) is 14.9. The van der Waals surface area contributed by atoms with Crippen LogP contribution in [0.4, 0.5) is 0 Å². The first-order valence-electron chi connectivity index (χ1n) is 9.13. The molecular formula is C23H23NO2. The molecule has 3 nitrogen and oxygen atoms in total. The Bertz CT molecular complexity index is 792. The summed E-state index contributed by atoms with van der Waals surface area (Å²) in [7, 11) is 0. The van der Waals surface area contributed by atoms with Gasteiger partial charge in [0, 0.05) is 0 Å². The van der Waals surface area contributed by atoms with Crippen LogP contribution in [0.2, 0.25) is 0 Å². The molecule has 3 rings (SSSR count). The lowest BCUT2D eigenvalue weighted by atomic mass is 9.77. The average molecular weight is 345 g/mol. The molecule has 0 aromatic heterocycles. The highest BCUT2D eigenvalue weighted by molar-refractivity contribution is 5.91. The Kier molecular flexibility index (Phi) is 5.86. The second-order valence-corrected chi connectivity index (χ2v) is 6.89. The number of rotatable bonds is 5. The number of benzene rings is 2. The largest absolute Gasteiger partial charge is 0.423 e. The van der Waals surface area contributed by atoms with Gasteiger partial charge in [0.05, 0.1) is 17.2 Å². The first-order valence-corrected chi connectivity index (χ1v) is 9.13. The minimum Gasteiger partial charge on any atom is -0.423 e. The second kappa shape index (κ2) is 8.49. The fourth-order valence-electron chi connectivity index (χ4n) is 3.62. The molecule has 1 saturated carbocycles. The minimum atomic E-state index is -0.379. The van der Waals surface area contributed by atoms with Gasteiger partial charge in [0.1, 0.15) is 5.75 Å². The van der Waals surface area contributed by atoms with Gasteiger partial charge in [-0.15, -0.1) is 6.58 Å². The maximum Gasteiger partial charge on any atom is 0.343 e. The van der Waals surface area contributed by atoms with E-state index in [1.807, 2.05) is 36.4 Å². The van der Waals surface area contributed by atoms with E-state index in [2.05, 4.69) is 6.58 Å². The van der Waals surface area contributed by atoms with Gasteiger partial charge >= 0.3 is 5.97 Å². The molecule has 2 aromatic carbocycles. The van der Waals surface area contributed by atoms with E-state index in [9.17, 15) is 4.79 Å². The van der Waals surface area contributed by atoms with Gasteiger partial charge in [-0.05, 0) is 85.9 Å². The number of carbonyl (C=O) groups is 1. The molecule has 1 fully saturated rings. The van der Waals surface area contributed by atoms with Crippen LogP contribution in [0.1, 0.15) is 59.5 Å². The third-order valence-electron chi connectivity index (χ3n) is 5.16. The highest BCUT2D eigenvalue weighted by atomic mass is 16.5. The zero-order valence-electron chi connectivity index (χ0n) is 14.9. The molecule has 132 valence electrons. The number of hydrogen-bond acceptors (Lipinski definition) is 3. The Hall–Kier alpha value is -2.86. The van der Waals surface area contributed by atoms with Gasteiger partial charge in [-0.2, -0.15) is 5.26 Å². The second-order valence-electron chi connectivity index (χ2n) is 6.89. The molecule has 26 heavy (non-hydrogen) atoms. The van der Waals surface area contributed by atoms with Crippen LogP contribution in [-0.4, -0.2) is 5.97 Å². The van der Waals surface area contributed by atoms with Crippen LogP contribution in [0, 0.1) is 17.2 Å². The number of esters is 1. The maximum atomic E-state index is 12.3. The van der Waals surface area contributed by atoms with Crippen LogP contribution in [0.15, 0.2) is 61.2 Å². The van der Waals surface area contributed by atoms with Crippen LogP contribution in [0.3, 0.4) is 0 Å². The SMILES string of the molecule is C=CCC1CCC(c2ccc(C(=O)Oc3ccc(C#N)cc3)cc2)CC1. The van der Waals surface area contributed by atoms with Gasteiger partial charge in [-0.25, -0.2) is 4.79 Å². The summed E-state index contributed by atoms with van der Waals surface area (Å²) >= 11 is 0. The molecular weight excluding hydrogens is 322 g/mol. The fourth-order valence-corrected chi connectivity index (χ4v) is 3.62. The van der Waals surface area contributed by atoms with Crippen LogP contribution in [0.5, 0.6) is 5.75 Å². The van der Waals surface area contributed by atoms with E-state index in [0.717, 1.165) is 12.3 Å². The van der Waals surface area contributed by atoms with Crippen molar-refractivity contribution in [3.05, 3.63) is 77.9 Å². The molecule has 0 heterocycles. The fraction of sp³-hybridized carbons (Fsp3) is 0.304. The molecule has 0 aliphatic heterocycles. The summed E-state index contributed by atoms with van der Waals surface area (Å²) in [6.07, 6.45) is 8.05. The number of nitriles is 1. The molecule has 0 N–H and O–H groups in total. The first-order chi connectivity index (χ1) is 12.7. The van der Waals surface area contributed by atoms with E-state index in [1.54, 1.807) is 24.3 Å². The van der Waals surface area contributed by atoms with Crippen molar-refractivity contribution in [1.29, 1.82) is 5.26 Å². The van der Waals surface area contributed by atoms with Gasteiger partial charge in [0.25, 0.3) is 0 Å². The van der Waals surface area contributed by atoms with E-state index in [4.69, 9.17) is 10.00 Å². The lowest BCUT2D eigenvalue weighted by Crippen LogP contribution is -2.13. The van der Waals surface area contributed by atoms with E-state index in [1.165, 1.54) is 31.2 Å². The van der Waals surface area contributed by atoms with Gasteiger partial charge < -0.3 is 4.74 Å². The van der Waals surface area contributed by atoms with Crippen molar-refractivity contribution in [2.75, 3.05) is 0 Å².